The average molecular weight is 263 g/mol. The molecule has 0 unspecified atom stereocenters. The van der Waals surface area contributed by atoms with Crippen molar-refractivity contribution in [3.8, 4) is 0 Å². The van der Waals surface area contributed by atoms with Crippen LogP contribution in [0.2, 0.25) is 0 Å². The molecule has 1 aliphatic rings. The summed E-state index contributed by atoms with van der Waals surface area (Å²) in [4.78, 5) is 11.8. The molecule has 0 heterocycles. The first-order valence-electron chi connectivity index (χ1n) is 7.19. The first-order chi connectivity index (χ1) is 9.16. The SMILES string of the molecule is CC1CCC(CCNC(=O)c2ccccc2F)CC1. The molecular weight excluding hydrogens is 241 g/mol. The van der Waals surface area contributed by atoms with E-state index in [0.29, 0.717) is 6.54 Å². The molecule has 19 heavy (non-hydrogen) atoms. The maximum Gasteiger partial charge on any atom is 0.254 e. The van der Waals surface area contributed by atoms with Gasteiger partial charge in [0, 0.05) is 6.54 Å². The highest BCUT2D eigenvalue weighted by Gasteiger charge is 2.18. The normalized spacial score (nSPS) is 23.1. The number of rotatable bonds is 4. The molecule has 1 saturated carbocycles. The van der Waals surface area contributed by atoms with Crippen molar-refractivity contribution < 1.29 is 9.18 Å². The Morgan fingerprint density at radius 2 is 1.95 bits per heavy atom. The largest absolute Gasteiger partial charge is 0.352 e. The van der Waals surface area contributed by atoms with E-state index in [0.717, 1.165) is 18.3 Å². The predicted molar refractivity (Wildman–Crippen MR) is 74.5 cm³/mol. The minimum absolute atomic E-state index is 0.139. The van der Waals surface area contributed by atoms with Gasteiger partial charge >= 0.3 is 0 Å². The van der Waals surface area contributed by atoms with Crippen LogP contribution in [0.1, 0.15) is 49.4 Å². The van der Waals surface area contributed by atoms with Crippen LogP contribution in [0.4, 0.5) is 4.39 Å². The molecule has 0 radical (unpaired) electrons. The second kappa shape index (κ2) is 6.69. The lowest BCUT2D eigenvalue weighted by atomic mass is 9.81. The van der Waals surface area contributed by atoms with Crippen LogP contribution >= 0.6 is 0 Å². The lowest BCUT2D eigenvalue weighted by molar-refractivity contribution is 0.0945. The number of halogens is 1. The van der Waals surface area contributed by atoms with Crippen molar-refractivity contribution in [3.63, 3.8) is 0 Å². The maximum absolute atomic E-state index is 13.4. The van der Waals surface area contributed by atoms with Gasteiger partial charge in [-0.15, -0.1) is 0 Å². The molecule has 2 rings (SSSR count). The number of benzene rings is 1. The summed E-state index contributed by atoms with van der Waals surface area (Å²) < 4.78 is 13.4. The van der Waals surface area contributed by atoms with Gasteiger partial charge in [-0.3, -0.25) is 4.79 Å². The average Bonchev–Trinajstić information content (AvgIpc) is 2.41. The third-order valence-corrected chi connectivity index (χ3v) is 4.09. The second-order valence-corrected chi connectivity index (χ2v) is 5.65. The summed E-state index contributed by atoms with van der Waals surface area (Å²) in [6.07, 6.45) is 6.12. The van der Waals surface area contributed by atoms with Gasteiger partial charge in [-0.25, -0.2) is 4.39 Å². The molecule has 0 aliphatic heterocycles. The van der Waals surface area contributed by atoms with Crippen LogP contribution in [0, 0.1) is 17.7 Å². The highest BCUT2D eigenvalue weighted by atomic mass is 19.1. The number of amides is 1. The van der Waals surface area contributed by atoms with E-state index < -0.39 is 5.82 Å². The Labute approximate surface area is 114 Å². The quantitative estimate of drug-likeness (QED) is 0.880. The fourth-order valence-electron chi connectivity index (χ4n) is 2.75. The molecule has 0 saturated heterocycles. The zero-order chi connectivity index (χ0) is 13.7. The minimum atomic E-state index is -0.452. The summed E-state index contributed by atoms with van der Waals surface area (Å²) in [5, 5.41) is 2.82. The van der Waals surface area contributed by atoms with Crippen molar-refractivity contribution in [2.45, 2.75) is 39.0 Å². The zero-order valence-corrected chi connectivity index (χ0v) is 11.5. The molecule has 1 fully saturated rings. The Hall–Kier alpha value is -1.38. The minimum Gasteiger partial charge on any atom is -0.352 e. The highest BCUT2D eigenvalue weighted by Crippen LogP contribution is 2.29. The standard InChI is InChI=1S/C16H22FNO/c1-12-6-8-13(9-7-12)10-11-18-16(19)14-4-2-3-5-15(14)17/h2-5,12-13H,6-11H2,1H3,(H,18,19). The monoisotopic (exact) mass is 263 g/mol. The van der Waals surface area contributed by atoms with Gasteiger partial charge in [-0.05, 0) is 30.4 Å². The predicted octanol–water partition coefficient (Wildman–Crippen LogP) is 3.77. The molecular formula is C16H22FNO. The molecule has 104 valence electrons. The molecule has 1 N–H and O–H groups in total. The van der Waals surface area contributed by atoms with Crippen molar-refractivity contribution in [1.82, 2.24) is 5.32 Å². The van der Waals surface area contributed by atoms with Gasteiger partial charge in [0.05, 0.1) is 5.56 Å². The van der Waals surface area contributed by atoms with Crippen molar-refractivity contribution in [2.24, 2.45) is 11.8 Å². The van der Waals surface area contributed by atoms with Gasteiger partial charge in [0.25, 0.3) is 5.91 Å². The van der Waals surface area contributed by atoms with E-state index in [1.54, 1.807) is 12.1 Å². The van der Waals surface area contributed by atoms with Crippen LogP contribution in [0.3, 0.4) is 0 Å². The van der Waals surface area contributed by atoms with Gasteiger partial charge in [-0.2, -0.15) is 0 Å². The molecule has 2 nitrogen and oxygen atoms in total. The number of hydrogen-bond acceptors (Lipinski definition) is 1. The first kappa shape index (κ1) is 14.0. The van der Waals surface area contributed by atoms with Crippen molar-refractivity contribution in [2.75, 3.05) is 6.54 Å². The molecule has 1 aromatic carbocycles. The Balaban J connectivity index is 1.74. The summed E-state index contributed by atoms with van der Waals surface area (Å²) >= 11 is 0. The van der Waals surface area contributed by atoms with Crippen LogP contribution in [-0.4, -0.2) is 12.5 Å². The van der Waals surface area contributed by atoms with Crippen LogP contribution in [-0.2, 0) is 0 Å². The summed E-state index contributed by atoms with van der Waals surface area (Å²) in [5.74, 6) is 0.815. The number of hydrogen-bond donors (Lipinski definition) is 1. The molecule has 1 aromatic rings. The molecule has 0 aromatic heterocycles. The maximum atomic E-state index is 13.4. The van der Waals surface area contributed by atoms with E-state index in [-0.39, 0.29) is 11.5 Å². The van der Waals surface area contributed by atoms with Crippen LogP contribution in [0.15, 0.2) is 24.3 Å². The van der Waals surface area contributed by atoms with Crippen molar-refractivity contribution in [3.05, 3.63) is 35.6 Å². The summed E-state index contributed by atoms with van der Waals surface area (Å²) in [6.45, 7) is 2.95. The van der Waals surface area contributed by atoms with E-state index in [1.807, 2.05) is 0 Å². The van der Waals surface area contributed by atoms with Gasteiger partial charge in [-0.1, -0.05) is 44.7 Å². The van der Waals surface area contributed by atoms with E-state index in [4.69, 9.17) is 0 Å². The van der Waals surface area contributed by atoms with E-state index in [1.165, 1.54) is 37.8 Å². The number of carbonyl (C=O) groups is 1. The molecule has 0 bridgehead atoms. The Morgan fingerprint density at radius 1 is 1.26 bits per heavy atom. The Morgan fingerprint density at radius 3 is 2.63 bits per heavy atom. The lowest BCUT2D eigenvalue weighted by Gasteiger charge is -2.26. The molecule has 0 atom stereocenters. The summed E-state index contributed by atoms with van der Waals surface area (Å²) in [6, 6.07) is 6.11. The fraction of sp³-hybridized carbons (Fsp3) is 0.562. The van der Waals surface area contributed by atoms with Gasteiger partial charge in [0.2, 0.25) is 0 Å². The highest BCUT2D eigenvalue weighted by molar-refractivity contribution is 5.94. The topological polar surface area (TPSA) is 29.1 Å². The first-order valence-corrected chi connectivity index (χ1v) is 7.19. The van der Waals surface area contributed by atoms with Crippen LogP contribution in [0.5, 0.6) is 0 Å². The molecule has 1 amide bonds. The molecule has 0 spiro atoms. The summed E-state index contributed by atoms with van der Waals surface area (Å²) in [7, 11) is 0. The van der Waals surface area contributed by atoms with Gasteiger partial charge in [0.15, 0.2) is 0 Å². The van der Waals surface area contributed by atoms with Gasteiger partial charge in [0.1, 0.15) is 5.82 Å². The Bertz CT molecular complexity index is 425. The van der Waals surface area contributed by atoms with Crippen molar-refractivity contribution in [1.29, 1.82) is 0 Å². The zero-order valence-electron chi connectivity index (χ0n) is 11.5. The Kier molecular flexibility index (Phi) is 4.94. The number of nitrogens with one attached hydrogen (secondary N) is 1. The third kappa shape index (κ3) is 4.05. The van der Waals surface area contributed by atoms with Crippen LogP contribution in [0.25, 0.3) is 0 Å². The lowest BCUT2D eigenvalue weighted by Crippen LogP contribution is -2.27. The fourth-order valence-corrected chi connectivity index (χ4v) is 2.75. The van der Waals surface area contributed by atoms with E-state index in [9.17, 15) is 9.18 Å². The van der Waals surface area contributed by atoms with Gasteiger partial charge < -0.3 is 5.32 Å². The van der Waals surface area contributed by atoms with Crippen LogP contribution < -0.4 is 5.32 Å². The van der Waals surface area contributed by atoms with E-state index in [2.05, 4.69) is 12.2 Å². The second-order valence-electron chi connectivity index (χ2n) is 5.65. The smallest absolute Gasteiger partial charge is 0.254 e. The molecule has 3 heteroatoms. The van der Waals surface area contributed by atoms with E-state index >= 15 is 0 Å². The third-order valence-electron chi connectivity index (χ3n) is 4.09. The molecule has 1 aliphatic carbocycles. The number of carbonyl (C=O) groups excluding carboxylic acids is 1. The van der Waals surface area contributed by atoms with Crippen molar-refractivity contribution >= 4 is 5.91 Å². The summed E-state index contributed by atoms with van der Waals surface area (Å²) in [5.41, 5.74) is 0.139.